The number of rotatable bonds is 4. The summed E-state index contributed by atoms with van der Waals surface area (Å²) in [5.74, 6) is 0. The van der Waals surface area contributed by atoms with Crippen LogP contribution in [-0.2, 0) is 13.2 Å². The molecule has 0 bridgehead atoms. The number of amides is 2. The van der Waals surface area contributed by atoms with Gasteiger partial charge in [0, 0.05) is 17.9 Å². The average molecular weight is 271 g/mol. The molecule has 5 N–H and O–H groups in total. The maximum Gasteiger partial charge on any atom is 0.323 e. The van der Waals surface area contributed by atoms with E-state index in [0.717, 1.165) is 11.1 Å². The minimum Gasteiger partial charge on any atom is -0.392 e. The van der Waals surface area contributed by atoms with Gasteiger partial charge in [0.1, 0.15) is 0 Å². The van der Waals surface area contributed by atoms with E-state index in [-0.39, 0.29) is 12.6 Å². The number of aliphatic hydroxyl groups is 1. The van der Waals surface area contributed by atoms with Gasteiger partial charge < -0.3 is 21.5 Å². The molecule has 0 radical (unpaired) electrons. The molecule has 2 aromatic rings. The van der Waals surface area contributed by atoms with E-state index in [4.69, 9.17) is 10.8 Å². The molecule has 0 heterocycles. The zero-order valence-electron chi connectivity index (χ0n) is 11.0. The van der Waals surface area contributed by atoms with Gasteiger partial charge in [-0.3, -0.25) is 0 Å². The molecule has 20 heavy (non-hydrogen) atoms. The monoisotopic (exact) mass is 271 g/mol. The van der Waals surface area contributed by atoms with E-state index in [1.165, 1.54) is 0 Å². The lowest BCUT2D eigenvalue weighted by Crippen LogP contribution is -2.19. The number of hydrogen-bond donors (Lipinski definition) is 4. The number of carbonyl (C=O) groups excluding carboxylic acids is 1. The fraction of sp³-hybridized carbons (Fsp3) is 0.133. The Hall–Kier alpha value is -2.37. The maximum atomic E-state index is 11.8. The van der Waals surface area contributed by atoms with Crippen molar-refractivity contribution in [1.82, 2.24) is 0 Å². The van der Waals surface area contributed by atoms with E-state index < -0.39 is 0 Å². The van der Waals surface area contributed by atoms with Crippen molar-refractivity contribution in [3.8, 4) is 0 Å². The molecule has 2 rings (SSSR count). The lowest BCUT2D eigenvalue weighted by molar-refractivity contribution is 0.262. The van der Waals surface area contributed by atoms with Crippen LogP contribution in [0, 0.1) is 0 Å². The van der Waals surface area contributed by atoms with Crippen molar-refractivity contribution in [2.24, 2.45) is 5.73 Å². The second-order valence-electron chi connectivity index (χ2n) is 4.34. The normalized spacial score (nSPS) is 10.1. The van der Waals surface area contributed by atoms with Crippen LogP contribution < -0.4 is 16.4 Å². The molecule has 0 saturated heterocycles. The number of carbonyl (C=O) groups is 1. The molecule has 0 atom stereocenters. The summed E-state index contributed by atoms with van der Waals surface area (Å²) in [5, 5.41) is 14.4. The summed E-state index contributed by atoms with van der Waals surface area (Å²) in [6, 6.07) is 14.0. The Morgan fingerprint density at radius 2 is 1.35 bits per heavy atom. The van der Waals surface area contributed by atoms with Crippen LogP contribution in [-0.4, -0.2) is 11.1 Å². The van der Waals surface area contributed by atoms with Gasteiger partial charge in [-0.2, -0.15) is 0 Å². The van der Waals surface area contributed by atoms with Crippen LogP contribution in [0.4, 0.5) is 16.2 Å². The predicted octanol–water partition coefficient (Wildman–Crippen LogP) is 2.28. The van der Waals surface area contributed by atoms with Crippen LogP contribution in [0.25, 0.3) is 0 Å². The molecule has 104 valence electrons. The van der Waals surface area contributed by atoms with Crippen molar-refractivity contribution in [3.05, 3.63) is 59.7 Å². The minimum absolute atomic E-state index is 0.0139. The Labute approximate surface area is 117 Å². The van der Waals surface area contributed by atoms with Crippen molar-refractivity contribution < 1.29 is 9.90 Å². The highest BCUT2D eigenvalue weighted by molar-refractivity contribution is 5.99. The third-order valence-corrected chi connectivity index (χ3v) is 2.84. The number of hydrogen-bond acceptors (Lipinski definition) is 3. The van der Waals surface area contributed by atoms with Crippen LogP contribution in [0.3, 0.4) is 0 Å². The molecule has 0 spiro atoms. The van der Waals surface area contributed by atoms with Crippen LogP contribution in [0.5, 0.6) is 0 Å². The van der Waals surface area contributed by atoms with Crippen LogP contribution >= 0.6 is 0 Å². The van der Waals surface area contributed by atoms with Crippen molar-refractivity contribution in [2.75, 3.05) is 10.6 Å². The third kappa shape index (κ3) is 3.81. The zero-order chi connectivity index (χ0) is 14.4. The molecule has 2 amide bonds. The lowest BCUT2D eigenvalue weighted by Gasteiger charge is -2.08. The summed E-state index contributed by atoms with van der Waals surface area (Å²) >= 11 is 0. The lowest BCUT2D eigenvalue weighted by atomic mass is 10.2. The molecule has 5 nitrogen and oxygen atoms in total. The van der Waals surface area contributed by atoms with Gasteiger partial charge in [-0.15, -0.1) is 0 Å². The van der Waals surface area contributed by atoms with E-state index in [1.54, 1.807) is 36.4 Å². The highest BCUT2D eigenvalue weighted by atomic mass is 16.3. The number of urea groups is 1. The van der Waals surface area contributed by atoms with E-state index in [0.29, 0.717) is 17.9 Å². The number of nitrogens with one attached hydrogen (secondary N) is 2. The first-order valence-corrected chi connectivity index (χ1v) is 6.28. The summed E-state index contributed by atoms with van der Waals surface area (Å²) in [7, 11) is 0. The first kappa shape index (κ1) is 14.0. The fourth-order valence-electron chi connectivity index (χ4n) is 1.71. The quantitative estimate of drug-likeness (QED) is 0.688. The number of anilines is 2. The smallest absolute Gasteiger partial charge is 0.323 e. The summed E-state index contributed by atoms with van der Waals surface area (Å²) < 4.78 is 0. The molecule has 5 heteroatoms. The van der Waals surface area contributed by atoms with Gasteiger partial charge in [0.25, 0.3) is 0 Å². The van der Waals surface area contributed by atoms with Crippen molar-refractivity contribution in [3.63, 3.8) is 0 Å². The molecule has 0 fully saturated rings. The van der Waals surface area contributed by atoms with E-state index in [2.05, 4.69) is 10.6 Å². The van der Waals surface area contributed by atoms with Crippen LogP contribution in [0.2, 0.25) is 0 Å². The van der Waals surface area contributed by atoms with Crippen molar-refractivity contribution >= 4 is 17.4 Å². The molecular formula is C15H17N3O2. The number of benzene rings is 2. The van der Waals surface area contributed by atoms with Crippen molar-refractivity contribution in [2.45, 2.75) is 13.2 Å². The second-order valence-corrected chi connectivity index (χ2v) is 4.34. The molecule has 2 aromatic carbocycles. The fourth-order valence-corrected chi connectivity index (χ4v) is 1.71. The van der Waals surface area contributed by atoms with Gasteiger partial charge in [0.15, 0.2) is 0 Å². The standard InChI is InChI=1S/C15H17N3O2/c16-9-11-1-5-13(6-2-11)17-15(20)18-14-7-3-12(10-19)4-8-14/h1-8,19H,9-10,16H2,(H2,17,18,20). The third-order valence-electron chi connectivity index (χ3n) is 2.84. The molecule has 0 aliphatic rings. The zero-order valence-corrected chi connectivity index (χ0v) is 11.0. The first-order chi connectivity index (χ1) is 9.71. The maximum absolute atomic E-state index is 11.8. The summed E-state index contributed by atoms with van der Waals surface area (Å²) in [6.07, 6.45) is 0. The summed E-state index contributed by atoms with van der Waals surface area (Å²) in [4.78, 5) is 11.8. The first-order valence-electron chi connectivity index (χ1n) is 6.28. The Kier molecular flexibility index (Phi) is 4.70. The Morgan fingerprint density at radius 3 is 1.75 bits per heavy atom. The Bertz CT molecular complexity index is 513. The Morgan fingerprint density at radius 1 is 0.900 bits per heavy atom. The molecule has 0 aliphatic heterocycles. The highest BCUT2D eigenvalue weighted by Crippen LogP contribution is 2.12. The molecular weight excluding hydrogens is 254 g/mol. The van der Waals surface area contributed by atoms with Gasteiger partial charge in [0.05, 0.1) is 6.61 Å². The SMILES string of the molecule is NCc1ccc(NC(=O)Nc2ccc(CO)cc2)cc1. The van der Waals surface area contributed by atoms with Crippen molar-refractivity contribution in [1.29, 1.82) is 0 Å². The van der Waals surface area contributed by atoms with Gasteiger partial charge in [0.2, 0.25) is 0 Å². The van der Waals surface area contributed by atoms with Gasteiger partial charge >= 0.3 is 6.03 Å². The minimum atomic E-state index is -0.317. The topological polar surface area (TPSA) is 87.4 Å². The van der Waals surface area contributed by atoms with E-state index in [1.807, 2.05) is 12.1 Å². The van der Waals surface area contributed by atoms with Gasteiger partial charge in [-0.25, -0.2) is 4.79 Å². The summed E-state index contributed by atoms with van der Waals surface area (Å²) in [6.45, 7) is 0.462. The van der Waals surface area contributed by atoms with E-state index >= 15 is 0 Å². The van der Waals surface area contributed by atoms with Gasteiger partial charge in [-0.05, 0) is 35.4 Å². The molecule has 0 saturated carbocycles. The second kappa shape index (κ2) is 6.70. The number of nitrogens with two attached hydrogens (primary N) is 1. The van der Waals surface area contributed by atoms with Crippen LogP contribution in [0.15, 0.2) is 48.5 Å². The predicted molar refractivity (Wildman–Crippen MR) is 79.3 cm³/mol. The molecule has 0 aliphatic carbocycles. The highest BCUT2D eigenvalue weighted by Gasteiger charge is 2.02. The van der Waals surface area contributed by atoms with E-state index in [9.17, 15) is 4.79 Å². The average Bonchev–Trinajstić information content (AvgIpc) is 2.49. The Balaban J connectivity index is 1.93. The van der Waals surface area contributed by atoms with Gasteiger partial charge in [-0.1, -0.05) is 24.3 Å². The molecule has 0 aromatic heterocycles. The van der Waals surface area contributed by atoms with Crippen LogP contribution in [0.1, 0.15) is 11.1 Å². The number of aliphatic hydroxyl groups excluding tert-OH is 1. The largest absolute Gasteiger partial charge is 0.392 e. The summed E-state index contributed by atoms with van der Waals surface area (Å²) in [5.41, 5.74) is 8.68. The molecule has 0 unspecified atom stereocenters.